The maximum atomic E-state index is 14.2. The SMILES string of the molecule is COc1ccc([Si](C)(C)[C@H]2[C@H](C)[C@H](CCc3cccc(NC(=O)C4CCCNC4)c3)O[C@@H]2CC(=O)N2Cc3ccccc3C[C@H]2CO)cc1. The van der Waals surface area contributed by atoms with Crippen molar-refractivity contribution in [2.24, 2.45) is 11.8 Å². The molecule has 2 amide bonds. The standard InChI is InChI=1S/C40H53N3O5Si/c1-27-36(19-14-28-9-7-13-32(21-28)42-40(46)30-12-8-20-41-24-30)48-37(39(27)49(3,4)35-17-15-34(47-2)16-18-35)23-38(45)43-25-31-11-6-5-10-29(31)22-33(43)26-44/h5-7,9-11,13,15-18,21,27,30,33,36-37,39,41,44H,8,12,14,19-20,22-26H2,1-4H3,(H,42,46)/t27-,30?,33+,36+,37-,39+/m1/s1. The van der Waals surface area contributed by atoms with E-state index >= 15 is 0 Å². The highest BCUT2D eigenvalue weighted by atomic mass is 28.3. The van der Waals surface area contributed by atoms with E-state index in [1.54, 1.807) is 7.11 Å². The zero-order valence-electron chi connectivity index (χ0n) is 29.5. The number of hydrogen-bond donors (Lipinski definition) is 3. The van der Waals surface area contributed by atoms with Crippen LogP contribution < -0.4 is 20.6 Å². The van der Waals surface area contributed by atoms with Gasteiger partial charge < -0.3 is 30.1 Å². The van der Waals surface area contributed by atoms with Crippen molar-refractivity contribution in [2.75, 3.05) is 32.1 Å². The summed E-state index contributed by atoms with van der Waals surface area (Å²) in [6.45, 7) is 9.28. The molecule has 6 rings (SSSR count). The number of nitrogens with zero attached hydrogens (tertiary/aromatic N) is 1. The van der Waals surface area contributed by atoms with E-state index in [2.05, 4.69) is 67.0 Å². The predicted molar refractivity (Wildman–Crippen MR) is 197 cm³/mol. The number of anilines is 1. The van der Waals surface area contributed by atoms with Crippen LogP contribution in [0.5, 0.6) is 5.75 Å². The molecular weight excluding hydrogens is 631 g/mol. The topological polar surface area (TPSA) is 100 Å². The fourth-order valence-electron chi connectivity index (χ4n) is 8.61. The average molecular weight is 684 g/mol. The van der Waals surface area contributed by atoms with Gasteiger partial charge in [0.1, 0.15) is 5.75 Å². The van der Waals surface area contributed by atoms with Crippen molar-refractivity contribution in [3.63, 3.8) is 0 Å². The molecule has 1 unspecified atom stereocenters. The fourth-order valence-corrected chi connectivity index (χ4v) is 12.7. The number of ether oxygens (including phenoxy) is 2. The van der Waals surface area contributed by atoms with Crippen LogP contribution in [0.25, 0.3) is 0 Å². The van der Waals surface area contributed by atoms with Crippen LogP contribution in [0, 0.1) is 11.8 Å². The number of amides is 2. The highest BCUT2D eigenvalue weighted by Gasteiger charge is 2.51. The quantitative estimate of drug-likeness (QED) is 0.238. The smallest absolute Gasteiger partial charge is 0.228 e. The first-order valence-electron chi connectivity index (χ1n) is 18.1. The zero-order chi connectivity index (χ0) is 34.5. The van der Waals surface area contributed by atoms with Gasteiger partial charge in [0.2, 0.25) is 11.8 Å². The summed E-state index contributed by atoms with van der Waals surface area (Å²) in [6, 6.07) is 24.6. The first-order valence-corrected chi connectivity index (χ1v) is 21.1. The third-order valence-corrected chi connectivity index (χ3v) is 15.8. The lowest BCUT2D eigenvalue weighted by Crippen LogP contribution is -2.52. The Hall–Kier alpha value is -3.50. The summed E-state index contributed by atoms with van der Waals surface area (Å²) in [5, 5.41) is 18.1. The molecule has 0 bridgehead atoms. The number of aryl methyl sites for hydroxylation is 1. The summed E-state index contributed by atoms with van der Waals surface area (Å²) >= 11 is 0. The van der Waals surface area contributed by atoms with E-state index in [1.807, 2.05) is 41.3 Å². The molecule has 0 spiro atoms. The second-order valence-electron chi connectivity index (χ2n) is 14.9. The van der Waals surface area contributed by atoms with Gasteiger partial charge in [-0.1, -0.05) is 73.7 Å². The zero-order valence-corrected chi connectivity index (χ0v) is 30.5. The Kier molecular flexibility index (Phi) is 11.2. The average Bonchev–Trinajstić information content (AvgIpc) is 3.45. The van der Waals surface area contributed by atoms with Crippen molar-refractivity contribution >= 4 is 30.8 Å². The molecule has 3 aliphatic heterocycles. The lowest BCUT2D eigenvalue weighted by atomic mass is 9.93. The van der Waals surface area contributed by atoms with Gasteiger partial charge in [0.05, 0.1) is 52.4 Å². The number of carbonyl (C=O) groups is 2. The van der Waals surface area contributed by atoms with E-state index in [4.69, 9.17) is 9.47 Å². The van der Waals surface area contributed by atoms with Gasteiger partial charge in [0.15, 0.2) is 0 Å². The Morgan fingerprint density at radius 1 is 1.04 bits per heavy atom. The number of hydrogen-bond acceptors (Lipinski definition) is 6. The van der Waals surface area contributed by atoms with Crippen molar-refractivity contribution in [3.05, 3.63) is 89.5 Å². The van der Waals surface area contributed by atoms with Crippen LogP contribution in [0.1, 0.15) is 49.3 Å². The summed E-state index contributed by atoms with van der Waals surface area (Å²) in [4.78, 5) is 28.9. The molecule has 3 aromatic carbocycles. The van der Waals surface area contributed by atoms with Crippen LogP contribution in [0.4, 0.5) is 5.69 Å². The summed E-state index contributed by atoms with van der Waals surface area (Å²) < 4.78 is 12.4. The van der Waals surface area contributed by atoms with Crippen LogP contribution in [0.3, 0.4) is 0 Å². The summed E-state index contributed by atoms with van der Waals surface area (Å²) in [6.07, 6.45) is 4.33. The van der Waals surface area contributed by atoms with Crippen molar-refractivity contribution in [3.8, 4) is 5.75 Å². The Labute approximate surface area is 292 Å². The third-order valence-electron chi connectivity index (χ3n) is 11.4. The van der Waals surface area contributed by atoms with Crippen molar-refractivity contribution in [1.82, 2.24) is 10.2 Å². The van der Waals surface area contributed by atoms with Crippen molar-refractivity contribution in [1.29, 1.82) is 0 Å². The van der Waals surface area contributed by atoms with Crippen molar-refractivity contribution in [2.45, 2.75) is 88.9 Å². The minimum atomic E-state index is -2.15. The van der Waals surface area contributed by atoms with E-state index in [0.717, 1.165) is 61.3 Å². The normalized spacial score (nSPS) is 25.4. The molecule has 3 aromatic rings. The second-order valence-corrected chi connectivity index (χ2v) is 19.5. The lowest BCUT2D eigenvalue weighted by Gasteiger charge is -2.39. The summed E-state index contributed by atoms with van der Waals surface area (Å²) in [5.74, 6) is 1.22. The van der Waals surface area contributed by atoms with Gasteiger partial charge in [-0.25, -0.2) is 0 Å². The Morgan fingerprint density at radius 3 is 2.53 bits per heavy atom. The molecule has 8 nitrogen and oxygen atoms in total. The van der Waals surface area contributed by atoms with Crippen LogP contribution in [0.2, 0.25) is 18.6 Å². The number of rotatable bonds is 11. The number of aliphatic hydroxyl groups excluding tert-OH is 1. The largest absolute Gasteiger partial charge is 0.497 e. The Balaban J connectivity index is 1.19. The van der Waals surface area contributed by atoms with Gasteiger partial charge in [-0.15, -0.1) is 0 Å². The lowest BCUT2D eigenvalue weighted by molar-refractivity contribution is -0.138. The van der Waals surface area contributed by atoms with Gasteiger partial charge in [-0.05, 0) is 91.1 Å². The number of aliphatic hydroxyl groups is 1. The number of nitrogens with one attached hydrogen (secondary N) is 2. The first-order chi connectivity index (χ1) is 23.7. The van der Waals surface area contributed by atoms with Gasteiger partial charge in [-0.3, -0.25) is 9.59 Å². The maximum Gasteiger partial charge on any atom is 0.228 e. The molecule has 3 aliphatic rings. The number of methoxy groups -OCH3 is 1. The summed E-state index contributed by atoms with van der Waals surface area (Å²) in [7, 11) is -0.467. The van der Waals surface area contributed by atoms with Gasteiger partial charge in [0, 0.05) is 18.8 Å². The predicted octanol–water partition coefficient (Wildman–Crippen LogP) is 5.29. The maximum absolute atomic E-state index is 14.2. The minimum absolute atomic E-state index is 0.00453. The van der Waals surface area contributed by atoms with Gasteiger partial charge in [0.25, 0.3) is 0 Å². The number of piperidine rings is 1. The molecule has 6 atom stereocenters. The first kappa shape index (κ1) is 35.3. The van der Waals surface area contributed by atoms with E-state index in [1.165, 1.54) is 10.8 Å². The monoisotopic (exact) mass is 683 g/mol. The molecule has 3 heterocycles. The van der Waals surface area contributed by atoms with Crippen molar-refractivity contribution < 1.29 is 24.2 Å². The fraction of sp³-hybridized carbons (Fsp3) is 0.500. The highest BCUT2D eigenvalue weighted by molar-refractivity contribution is 6.91. The molecule has 0 radical (unpaired) electrons. The van der Waals surface area contributed by atoms with Gasteiger partial charge >= 0.3 is 0 Å². The molecule has 262 valence electrons. The Bertz CT molecular complexity index is 1590. The molecule has 2 fully saturated rings. The second kappa shape index (κ2) is 15.6. The number of benzene rings is 3. The third kappa shape index (κ3) is 7.96. The van der Waals surface area contributed by atoms with Crippen LogP contribution in [-0.4, -0.2) is 75.0 Å². The van der Waals surface area contributed by atoms with E-state index in [-0.39, 0.29) is 54.0 Å². The molecule has 49 heavy (non-hydrogen) atoms. The molecular formula is C40H53N3O5Si. The molecule has 9 heteroatoms. The molecule has 2 saturated heterocycles. The molecule has 0 aromatic heterocycles. The van der Waals surface area contributed by atoms with Crippen LogP contribution in [-0.2, 0) is 33.7 Å². The van der Waals surface area contributed by atoms with Crippen LogP contribution >= 0.6 is 0 Å². The Morgan fingerprint density at radius 2 is 1.82 bits per heavy atom. The number of carbonyl (C=O) groups excluding carboxylic acids is 2. The van der Waals surface area contributed by atoms with E-state index in [0.29, 0.717) is 19.4 Å². The molecule has 0 aliphatic carbocycles. The summed E-state index contributed by atoms with van der Waals surface area (Å²) in [5.41, 5.74) is 4.57. The minimum Gasteiger partial charge on any atom is -0.497 e. The van der Waals surface area contributed by atoms with E-state index in [9.17, 15) is 14.7 Å². The highest BCUT2D eigenvalue weighted by Crippen LogP contribution is 2.47. The van der Waals surface area contributed by atoms with Gasteiger partial charge in [-0.2, -0.15) is 0 Å². The van der Waals surface area contributed by atoms with Crippen LogP contribution in [0.15, 0.2) is 72.8 Å². The molecule has 0 saturated carbocycles. The number of fused-ring (bicyclic) bond motifs is 1. The van der Waals surface area contributed by atoms with E-state index < -0.39 is 8.07 Å². The molecule has 3 N–H and O–H groups in total.